The van der Waals surface area contributed by atoms with Crippen molar-refractivity contribution in [2.45, 2.75) is 25.9 Å². The molecule has 1 N–H and O–H groups in total. The van der Waals surface area contributed by atoms with Crippen molar-refractivity contribution in [3.63, 3.8) is 0 Å². The zero-order valence-electron chi connectivity index (χ0n) is 10.1. The van der Waals surface area contributed by atoms with E-state index in [2.05, 4.69) is 45.7 Å². The number of rotatable bonds is 5. The molecule has 2 aromatic rings. The van der Waals surface area contributed by atoms with E-state index >= 15 is 0 Å². The topological polar surface area (TPSA) is 12.0 Å². The summed E-state index contributed by atoms with van der Waals surface area (Å²) < 4.78 is 14.1. The van der Waals surface area contributed by atoms with Gasteiger partial charge in [0.15, 0.2) is 0 Å². The standard InChI is InChI=1S/C14H15BrFNS/c1-10(7-13-3-2-6-18-13)17-9-11-8-12(16)4-5-14(11)15/h2-6,8,10,17H,7,9H2,1H3. The molecule has 0 aliphatic carbocycles. The second-order valence-electron chi connectivity index (χ2n) is 4.30. The zero-order valence-corrected chi connectivity index (χ0v) is 12.5. The molecule has 0 aliphatic heterocycles. The molecule has 4 heteroatoms. The summed E-state index contributed by atoms with van der Waals surface area (Å²) >= 11 is 5.21. The molecular weight excluding hydrogens is 313 g/mol. The summed E-state index contributed by atoms with van der Waals surface area (Å²) in [4.78, 5) is 1.37. The largest absolute Gasteiger partial charge is 0.310 e. The van der Waals surface area contributed by atoms with Gasteiger partial charge in [0.25, 0.3) is 0 Å². The molecule has 1 aromatic heterocycles. The minimum absolute atomic E-state index is 0.194. The number of nitrogens with one attached hydrogen (secondary N) is 1. The molecule has 0 saturated heterocycles. The van der Waals surface area contributed by atoms with Crippen LogP contribution in [0.25, 0.3) is 0 Å². The van der Waals surface area contributed by atoms with Gasteiger partial charge in [-0.1, -0.05) is 22.0 Å². The molecule has 1 unspecified atom stereocenters. The third-order valence-corrected chi connectivity index (χ3v) is 4.41. The van der Waals surface area contributed by atoms with Gasteiger partial charge < -0.3 is 5.32 Å². The molecule has 0 spiro atoms. The fraction of sp³-hybridized carbons (Fsp3) is 0.286. The van der Waals surface area contributed by atoms with Crippen LogP contribution in [0.3, 0.4) is 0 Å². The maximum atomic E-state index is 13.1. The lowest BCUT2D eigenvalue weighted by atomic mass is 10.1. The first-order valence-electron chi connectivity index (χ1n) is 5.85. The van der Waals surface area contributed by atoms with E-state index in [9.17, 15) is 4.39 Å². The van der Waals surface area contributed by atoms with Crippen molar-refractivity contribution in [2.24, 2.45) is 0 Å². The summed E-state index contributed by atoms with van der Waals surface area (Å²) in [6.45, 7) is 2.82. The first kappa shape index (κ1) is 13.7. The Morgan fingerprint density at radius 3 is 2.94 bits per heavy atom. The fourth-order valence-electron chi connectivity index (χ4n) is 1.77. The van der Waals surface area contributed by atoms with Crippen LogP contribution in [-0.2, 0) is 13.0 Å². The molecule has 18 heavy (non-hydrogen) atoms. The first-order chi connectivity index (χ1) is 8.65. The highest BCUT2D eigenvalue weighted by molar-refractivity contribution is 9.10. The van der Waals surface area contributed by atoms with Gasteiger partial charge in [0, 0.05) is 21.9 Å². The van der Waals surface area contributed by atoms with Crippen LogP contribution in [0.4, 0.5) is 4.39 Å². The molecular formula is C14H15BrFNS. The predicted molar refractivity (Wildman–Crippen MR) is 78.4 cm³/mol. The molecule has 96 valence electrons. The van der Waals surface area contributed by atoms with Gasteiger partial charge in [-0.15, -0.1) is 11.3 Å². The lowest BCUT2D eigenvalue weighted by molar-refractivity contribution is 0.544. The Morgan fingerprint density at radius 2 is 2.22 bits per heavy atom. The highest BCUT2D eigenvalue weighted by Gasteiger charge is 2.06. The highest BCUT2D eigenvalue weighted by atomic mass is 79.9. The van der Waals surface area contributed by atoms with Crippen molar-refractivity contribution in [2.75, 3.05) is 0 Å². The third-order valence-electron chi connectivity index (χ3n) is 2.74. The summed E-state index contributed by atoms with van der Waals surface area (Å²) in [5.41, 5.74) is 0.952. The van der Waals surface area contributed by atoms with E-state index in [0.29, 0.717) is 12.6 Å². The van der Waals surface area contributed by atoms with Crippen molar-refractivity contribution < 1.29 is 4.39 Å². The SMILES string of the molecule is CC(Cc1cccs1)NCc1cc(F)ccc1Br. The van der Waals surface area contributed by atoms with Crippen LogP contribution in [0.1, 0.15) is 17.4 Å². The normalized spacial score (nSPS) is 12.6. The number of thiophene rings is 1. The predicted octanol–water partition coefficient (Wildman–Crippen LogP) is 4.37. The van der Waals surface area contributed by atoms with E-state index in [1.807, 2.05) is 0 Å². The van der Waals surface area contributed by atoms with Crippen molar-refractivity contribution in [1.82, 2.24) is 5.32 Å². The fourth-order valence-corrected chi connectivity index (χ4v) is 2.99. The Kier molecular flexibility index (Phi) is 4.92. The van der Waals surface area contributed by atoms with Crippen LogP contribution in [0.5, 0.6) is 0 Å². The summed E-state index contributed by atoms with van der Waals surface area (Å²) in [5.74, 6) is -0.194. The summed E-state index contributed by atoms with van der Waals surface area (Å²) in [6, 6.07) is 9.35. The van der Waals surface area contributed by atoms with E-state index in [1.54, 1.807) is 23.5 Å². The minimum atomic E-state index is -0.194. The Labute approximate surface area is 119 Å². The maximum absolute atomic E-state index is 13.1. The van der Waals surface area contributed by atoms with E-state index in [-0.39, 0.29) is 5.82 Å². The first-order valence-corrected chi connectivity index (χ1v) is 7.52. The van der Waals surface area contributed by atoms with Gasteiger partial charge in [0.1, 0.15) is 5.82 Å². The maximum Gasteiger partial charge on any atom is 0.123 e. The van der Waals surface area contributed by atoms with Crippen LogP contribution < -0.4 is 5.32 Å². The van der Waals surface area contributed by atoms with E-state index in [4.69, 9.17) is 0 Å². The molecule has 0 radical (unpaired) electrons. The molecule has 1 heterocycles. The van der Waals surface area contributed by atoms with Gasteiger partial charge in [-0.05, 0) is 48.6 Å². The molecule has 1 aromatic carbocycles. The molecule has 0 bridgehead atoms. The van der Waals surface area contributed by atoms with Crippen LogP contribution in [0, 0.1) is 5.82 Å². The van der Waals surface area contributed by atoms with E-state index in [0.717, 1.165) is 16.5 Å². The second kappa shape index (κ2) is 6.45. The summed E-state index contributed by atoms with van der Waals surface area (Å²) in [6.07, 6.45) is 1.00. The van der Waals surface area contributed by atoms with Crippen molar-refractivity contribution in [1.29, 1.82) is 0 Å². The van der Waals surface area contributed by atoms with Crippen LogP contribution in [0.15, 0.2) is 40.2 Å². The van der Waals surface area contributed by atoms with Crippen molar-refractivity contribution >= 4 is 27.3 Å². The van der Waals surface area contributed by atoms with Gasteiger partial charge >= 0.3 is 0 Å². The molecule has 0 saturated carbocycles. The average molecular weight is 328 g/mol. The van der Waals surface area contributed by atoms with Gasteiger partial charge in [0.05, 0.1) is 0 Å². The smallest absolute Gasteiger partial charge is 0.123 e. The summed E-state index contributed by atoms with van der Waals surface area (Å²) in [5, 5.41) is 5.50. The lowest BCUT2D eigenvalue weighted by Crippen LogP contribution is -2.27. The zero-order chi connectivity index (χ0) is 13.0. The van der Waals surface area contributed by atoms with Crippen molar-refractivity contribution in [3.8, 4) is 0 Å². The molecule has 0 amide bonds. The quantitative estimate of drug-likeness (QED) is 0.859. The minimum Gasteiger partial charge on any atom is -0.310 e. The molecule has 1 nitrogen and oxygen atoms in total. The van der Waals surface area contributed by atoms with Crippen LogP contribution >= 0.6 is 27.3 Å². The molecule has 1 atom stereocenters. The van der Waals surface area contributed by atoms with Crippen LogP contribution in [0.2, 0.25) is 0 Å². The highest BCUT2D eigenvalue weighted by Crippen LogP contribution is 2.18. The molecule has 2 rings (SSSR count). The molecule has 0 aliphatic rings. The Morgan fingerprint density at radius 1 is 1.39 bits per heavy atom. The molecule has 0 fully saturated rings. The van der Waals surface area contributed by atoms with E-state index < -0.39 is 0 Å². The second-order valence-corrected chi connectivity index (χ2v) is 6.19. The number of benzene rings is 1. The van der Waals surface area contributed by atoms with E-state index in [1.165, 1.54) is 10.9 Å². The van der Waals surface area contributed by atoms with Crippen LogP contribution in [-0.4, -0.2) is 6.04 Å². The Bertz CT molecular complexity index is 499. The number of halogens is 2. The number of hydrogen-bond acceptors (Lipinski definition) is 2. The van der Waals surface area contributed by atoms with Gasteiger partial charge in [-0.2, -0.15) is 0 Å². The van der Waals surface area contributed by atoms with Gasteiger partial charge in [-0.25, -0.2) is 4.39 Å². The monoisotopic (exact) mass is 327 g/mol. The lowest BCUT2D eigenvalue weighted by Gasteiger charge is -2.13. The number of hydrogen-bond donors (Lipinski definition) is 1. The van der Waals surface area contributed by atoms with Gasteiger partial charge in [0.2, 0.25) is 0 Å². The van der Waals surface area contributed by atoms with Gasteiger partial charge in [-0.3, -0.25) is 0 Å². The Hall–Kier alpha value is -0.710. The van der Waals surface area contributed by atoms with Crippen molar-refractivity contribution in [3.05, 3.63) is 56.4 Å². The third kappa shape index (κ3) is 3.90. The Balaban J connectivity index is 1.89. The average Bonchev–Trinajstić information content (AvgIpc) is 2.83. The summed E-state index contributed by atoms with van der Waals surface area (Å²) in [7, 11) is 0.